The third-order valence-corrected chi connectivity index (χ3v) is 6.61. The number of halogens is 3. The minimum Gasteiger partial charge on any atom is -0.481 e. The Labute approximate surface area is 189 Å². The third-order valence-electron chi connectivity index (χ3n) is 5.30. The van der Waals surface area contributed by atoms with Gasteiger partial charge >= 0.3 is 12.1 Å². The standard InChI is InChI=1S/C24H25F3N2O2S/c1-14(2)20-11-17(5-8-21(20)24(25,26)27)23(18-12-28-29-13-18)32-19-7-4-16(15(3)10-19)6-9-22(30)31/h4-5,7-8,10-14,23H,6,9H2,1-3H3,(H,28,29)(H,30,31). The molecule has 0 spiro atoms. The molecule has 170 valence electrons. The molecule has 0 amide bonds. The zero-order valence-electron chi connectivity index (χ0n) is 18.0. The van der Waals surface area contributed by atoms with Crippen LogP contribution >= 0.6 is 11.8 Å². The highest BCUT2D eigenvalue weighted by molar-refractivity contribution is 7.99. The molecule has 0 saturated heterocycles. The number of carboxylic acids is 1. The molecule has 4 nitrogen and oxygen atoms in total. The summed E-state index contributed by atoms with van der Waals surface area (Å²) in [5.74, 6) is -1.12. The lowest BCUT2D eigenvalue weighted by Gasteiger charge is -2.21. The lowest BCUT2D eigenvalue weighted by atomic mass is 9.93. The lowest BCUT2D eigenvalue weighted by Crippen LogP contribution is -2.11. The van der Waals surface area contributed by atoms with Gasteiger partial charge in [-0.1, -0.05) is 32.0 Å². The molecular weight excluding hydrogens is 437 g/mol. The number of hydrogen-bond donors (Lipinski definition) is 2. The van der Waals surface area contributed by atoms with Gasteiger partial charge < -0.3 is 5.11 Å². The van der Waals surface area contributed by atoms with Gasteiger partial charge in [-0.05, 0) is 59.7 Å². The average molecular weight is 463 g/mol. The molecular formula is C24H25F3N2O2S. The van der Waals surface area contributed by atoms with E-state index in [1.807, 2.05) is 25.1 Å². The van der Waals surface area contributed by atoms with Gasteiger partial charge in [0.15, 0.2) is 0 Å². The van der Waals surface area contributed by atoms with E-state index < -0.39 is 17.7 Å². The number of aromatic amines is 1. The summed E-state index contributed by atoms with van der Waals surface area (Å²) in [7, 11) is 0. The summed E-state index contributed by atoms with van der Waals surface area (Å²) in [4.78, 5) is 11.8. The molecule has 0 radical (unpaired) electrons. The quantitative estimate of drug-likeness (QED) is 0.363. The minimum absolute atomic E-state index is 0.0640. The number of benzene rings is 2. The first kappa shape index (κ1) is 23.9. The summed E-state index contributed by atoms with van der Waals surface area (Å²) in [6, 6.07) is 10.2. The number of aromatic nitrogens is 2. The van der Waals surface area contributed by atoms with Gasteiger partial charge in [-0.2, -0.15) is 18.3 Å². The van der Waals surface area contributed by atoms with Gasteiger partial charge in [-0.25, -0.2) is 0 Å². The van der Waals surface area contributed by atoms with Crippen molar-refractivity contribution in [3.8, 4) is 0 Å². The second kappa shape index (κ2) is 9.81. The van der Waals surface area contributed by atoms with Gasteiger partial charge in [0.1, 0.15) is 0 Å². The Balaban J connectivity index is 1.97. The number of hydrogen-bond acceptors (Lipinski definition) is 3. The van der Waals surface area contributed by atoms with Crippen molar-refractivity contribution >= 4 is 17.7 Å². The monoisotopic (exact) mass is 462 g/mol. The van der Waals surface area contributed by atoms with Crippen LogP contribution in [0, 0.1) is 6.92 Å². The number of aliphatic carboxylic acids is 1. The van der Waals surface area contributed by atoms with E-state index in [1.165, 1.54) is 23.9 Å². The van der Waals surface area contributed by atoms with Gasteiger partial charge in [0.25, 0.3) is 0 Å². The number of alkyl halides is 3. The smallest absolute Gasteiger partial charge is 0.416 e. The first-order valence-corrected chi connectivity index (χ1v) is 11.1. The zero-order valence-corrected chi connectivity index (χ0v) is 18.8. The second-order valence-corrected chi connectivity index (χ2v) is 9.19. The van der Waals surface area contributed by atoms with E-state index >= 15 is 0 Å². The van der Waals surface area contributed by atoms with Gasteiger partial charge in [-0.15, -0.1) is 11.8 Å². The number of aryl methyl sites for hydroxylation is 2. The van der Waals surface area contributed by atoms with Gasteiger partial charge in [-0.3, -0.25) is 9.89 Å². The number of rotatable bonds is 8. The number of carbonyl (C=O) groups is 1. The molecule has 1 unspecified atom stereocenters. The molecule has 3 rings (SSSR count). The maximum Gasteiger partial charge on any atom is 0.416 e. The number of nitrogens with zero attached hydrogens (tertiary/aromatic N) is 1. The normalized spacial score (nSPS) is 12.8. The van der Waals surface area contributed by atoms with Crippen LogP contribution in [0.25, 0.3) is 0 Å². The molecule has 32 heavy (non-hydrogen) atoms. The average Bonchev–Trinajstić information content (AvgIpc) is 3.24. The van der Waals surface area contributed by atoms with Crippen molar-refractivity contribution in [3.63, 3.8) is 0 Å². The van der Waals surface area contributed by atoms with E-state index in [2.05, 4.69) is 10.2 Å². The number of carboxylic acid groups (broad SMARTS) is 1. The molecule has 8 heteroatoms. The van der Waals surface area contributed by atoms with E-state index in [-0.39, 0.29) is 23.2 Å². The van der Waals surface area contributed by atoms with Crippen molar-refractivity contribution in [1.29, 1.82) is 0 Å². The molecule has 0 aliphatic carbocycles. The maximum absolute atomic E-state index is 13.5. The Kier molecular flexibility index (Phi) is 7.33. The summed E-state index contributed by atoms with van der Waals surface area (Å²) in [5.41, 5.74) is 3.23. The van der Waals surface area contributed by atoms with Crippen LogP contribution in [-0.4, -0.2) is 21.3 Å². The molecule has 2 N–H and O–H groups in total. The summed E-state index contributed by atoms with van der Waals surface area (Å²) >= 11 is 1.52. The van der Waals surface area contributed by atoms with Crippen LogP contribution in [0.3, 0.4) is 0 Å². The van der Waals surface area contributed by atoms with Crippen LogP contribution in [0.1, 0.15) is 64.8 Å². The van der Waals surface area contributed by atoms with Crippen molar-refractivity contribution in [2.75, 3.05) is 0 Å². The highest BCUT2D eigenvalue weighted by atomic mass is 32.2. The second-order valence-electron chi connectivity index (χ2n) is 8.01. The molecule has 0 saturated carbocycles. The van der Waals surface area contributed by atoms with Crippen molar-refractivity contribution in [1.82, 2.24) is 10.2 Å². The molecule has 1 atom stereocenters. The highest BCUT2D eigenvalue weighted by Crippen LogP contribution is 2.43. The fourth-order valence-corrected chi connectivity index (χ4v) is 4.82. The molecule has 1 aromatic heterocycles. The predicted molar refractivity (Wildman–Crippen MR) is 119 cm³/mol. The third kappa shape index (κ3) is 5.73. The fourth-order valence-electron chi connectivity index (χ4n) is 3.61. The molecule has 3 aromatic rings. The summed E-state index contributed by atoms with van der Waals surface area (Å²) in [6.45, 7) is 5.45. The van der Waals surface area contributed by atoms with E-state index in [1.54, 1.807) is 32.3 Å². The van der Waals surface area contributed by atoms with Gasteiger partial charge in [0, 0.05) is 23.1 Å². The molecule has 2 aromatic carbocycles. The topological polar surface area (TPSA) is 66.0 Å². The SMILES string of the molecule is Cc1cc(SC(c2cn[nH]c2)c2ccc(C(F)(F)F)c(C(C)C)c2)ccc1CCC(=O)O. The summed E-state index contributed by atoms with van der Waals surface area (Å²) < 4.78 is 40.5. The molecule has 0 aliphatic rings. The molecule has 1 heterocycles. The van der Waals surface area contributed by atoms with E-state index in [0.29, 0.717) is 6.42 Å². The van der Waals surface area contributed by atoms with Crippen molar-refractivity contribution in [3.05, 3.63) is 82.2 Å². The van der Waals surface area contributed by atoms with E-state index in [4.69, 9.17) is 5.11 Å². The summed E-state index contributed by atoms with van der Waals surface area (Å²) in [6.07, 6.45) is -0.460. The van der Waals surface area contributed by atoms with Crippen LogP contribution in [0.2, 0.25) is 0 Å². The number of H-pyrrole nitrogens is 1. The van der Waals surface area contributed by atoms with Gasteiger partial charge in [0.2, 0.25) is 0 Å². The Morgan fingerprint density at radius 2 is 1.91 bits per heavy atom. The van der Waals surface area contributed by atoms with Crippen molar-refractivity contribution < 1.29 is 23.1 Å². The number of thioether (sulfide) groups is 1. The number of nitrogens with one attached hydrogen (secondary N) is 1. The van der Waals surface area contributed by atoms with Crippen LogP contribution in [0.4, 0.5) is 13.2 Å². The van der Waals surface area contributed by atoms with E-state index in [0.717, 1.165) is 27.1 Å². The Hall–Kier alpha value is -2.74. The van der Waals surface area contributed by atoms with E-state index in [9.17, 15) is 18.0 Å². The van der Waals surface area contributed by atoms with Crippen molar-refractivity contribution in [2.45, 2.75) is 55.9 Å². The lowest BCUT2D eigenvalue weighted by molar-refractivity contribution is -0.138. The first-order chi connectivity index (χ1) is 15.1. The van der Waals surface area contributed by atoms with Crippen LogP contribution in [-0.2, 0) is 17.4 Å². The van der Waals surface area contributed by atoms with Crippen LogP contribution in [0.15, 0.2) is 53.7 Å². The van der Waals surface area contributed by atoms with Crippen molar-refractivity contribution in [2.24, 2.45) is 0 Å². The minimum atomic E-state index is -4.40. The van der Waals surface area contributed by atoms with Crippen LogP contribution < -0.4 is 0 Å². The van der Waals surface area contributed by atoms with Crippen LogP contribution in [0.5, 0.6) is 0 Å². The maximum atomic E-state index is 13.5. The Morgan fingerprint density at radius 1 is 1.16 bits per heavy atom. The highest BCUT2D eigenvalue weighted by Gasteiger charge is 2.34. The fraction of sp³-hybridized carbons (Fsp3) is 0.333. The first-order valence-electron chi connectivity index (χ1n) is 10.2. The molecule has 0 fully saturated rings. The zero-order chi connectivity index (χ0) is 23.5. The molecule has 0 bridgehead atoms. The summed E-state index contributed by atoms with van der Waals surface area (Å²) in [5, 5.41) is 15.5. The molecule has 0 aliphatic heterocycles. The Bertz CT molecular complexity index is 1080. The largest absolute Gasteiger partial charge is 0.481 e. The van der Waals surface area contributed by atoms with Gasteiger partial charge in [0.05, 0.1) is 17.0 Å². The Morgan fingerprint density at radius 3 is 2.47 bits per heavy atom. The predicted octanol–water partition coefficient (Wildman–Crippen LogP) is 6.76.